The van der Waals surface area contributed by atoms with Crippen LogP contribution in [0.4, 0.5) is 0 Å². The van der Waals surface area contributed by atoms with Gasteiger partial charge in [-0.05, 0) is 48.9 Å². The van der Waals surface area contributed by atoms with Crippen molar-refractivity contribution < 1.29 is 29.3 Å². The molecule has 0 aliphatic heterocycles. The molecule has 0 saturated heterocycles. The number of rotatable bonds is 18. The first-order valence-electron chi connectivity index (χ1n) is 13.9. The molecule has 0 unspecified atom stereocenters. The number of carbonyl (C=O) groups is 2. The predicted molar refractivity (Wildman–Crippen MR) is 147 cm³/mol. The van der Waals surface area contributed by atoms with Gasteiger partial charge in [0.25, 0.3) is 0 Å². The van der Waals surface area contributed by atoms with Gasteiger partial charge >= 0.3 is 11.9 Å². The Morgan fingerprint density at radius 2 is 1.03 bits per heavy atom. The van der Waals surface area contributed by atoms with Crippen molar-refractivity contribution in [2.75, 3.05) is 13.2 Å². The summed E-state index contributed by atoms with van der Waals surface area (Å²) in [6.07, 6.45) is 11.3. The van der Waals surface area contributed by atoms with E-state index >= 15 is 0 Å². The first-order chi connectivity index (χ1) is 17.9. The molecule has 2 rings (SSSR count). The maximum atomic E-state index is 12.0. The number of hydrogen-bond acceptors (Lipinski definition) is 6. The van der Waals surface area contributed by atoms with Gasteiger partial charge in [-0.25, -0.2) is 0 Å². The van der Waals surface area contributed by atoms with Gasteiger partial charge in [-0.2, -0.15) is 0 Å². The average molecular weight is 513 g/mol. The van der Waals surface area contributed by atoms with Gasteiger partial charge < -0.3 is 19.7 Å². The van der Waals surface area contributed by atoms with Crippen molar-refractivity contribution in [2.24, 2.45) is 0 Å². The van der Waals surface area contributed by atoms with Crippen LogP contribution in [-0.2, 0) is 31.9 Å². The molecular weight excluding hydrogens is 468 g/mol. The maximum Gasteiger partial charge on any atom is 0.306 e. The van der Waals surface area contributed by atoms with Crippen molar-refractivity contribution in [1.82, 2.24) is 0 Å². The summed E-state index contributed by atoms with van der Waals surface area (Å²) in [6, 6.07) is 10.4. The molecule has 0 atom stereocenters. The van der Waals surface area contributed by atoms with E-state index in [0.29, 0.717) is 37.2 Å². The van der Waals surface area contributed by atoms with E-state index in [1.807, 2.05) is 12.1 Å². The summed E-state index contributed by atoms with van der Waals surface area (Å²) in [5, 5.41) is 21.1. The van der Waals surface area contributed by atoms with Gasteiger partial charge in [-0.15, -0.1) is 0 Å². The molecule has 6 nitrogen and oxygen atoms in total. The minimum Gasteiger partial charge on any atom is -0.507 e. The Morgan fingerprint density at radius 3 is 1.43 bits per heavy atom. The molecule has 0 aliphatic carbocycles. The molecule has 0 aromatic heterocycles. The van der Waals surface area contributed by atoms with Crippen molar-refractivity contribution in [1.29, 1.82) is 0 Å². The third-order valence-corrected chi connectivity index (χ3v) is 6.42. The van der Waals surface area contributed by atoms with Crippen LogP contribution in [0.3, 0.4) is 0 Å². The highest BCUT2D eigenvalue weighted by Gasteiger charge is 2.13. The van der Waals surface area contributed by atoms with E-state index in [2.05, 4.69) is 13.8 Å². The highest BCUT2D eigenvalue weighted by molar-refractivity contribution is 5.76. The van der Waals surface area contributed by atoms with Crippen molar-refractivity contribution in [3.8, 4) is 22.6 Å². The standard InChI is InChI=1S/C31H44O6/c1-3-5-7-9-11-21-37-31(35)19-15-25-13-17-27(29(33)23-25)26-16-12-24(22-28(26)32)14-18-30(34)36-20-10-8-6-4-2/h12-13,16-17,22-23,32-33H,3-11,14-15,18-21H2,1-2H3. The fraction of sp³-hybridized carbons (Fsp3) is 0.548. The molecule has 2 aromatic rings. The van der Waals surface area contributed by atoms with E-state index in [1.54, 1.807) is 24.3 Å². The highest BCUT2D eigenvalue weighted by Crippen LogP contribution is 2.36. The fourth-order valence-corrected chi connectivity index (χ4v) is 4.16. The van der Waals surface area contributed by atoms with Crippen molar-refractivity contribution >= 4 is 11.9 Å². The van der Waals surface area contributed by atoms with Gasteiger partial charge in [0.1, 0.15) is 11.5 Å². The highest BCUT2D eigenvalue weighted by atomic mass is 16.5. The molecule has 204 valence electrons. The zero-order valence-corrected chi connectivity index (χ0v) is 22.6. The zero-order valence-electron chi connectivity index (χ0n) is 22.6. The smallest absolute Gasteiger partial charge is 0.306 e. The largest absolute Gasteiger partial charge is 0.507 e. The molecule has 0 aliphatic rings. The molecule has 0 fully saturated rings. The van der Waals surface area contributed by atoms with Crippen LogP contribution in [0.1, 0.15) is 95.6 Å². The summed E-state index contributed by atoms with van der Waals surface area (Å²) in [4.78, 5) is 23.9. The summed E-state index contributed by atoms with van der Waals surface area (Å²) in [5.74, 6) is -0.385. The van der Waals surface area contributed by atoms with Crippen LogP contribution in [0.2, 0.25) is 0 Å². The van der Waals surface area contributed by atoms with Gasteiger partial charge in [-0.3, -0.25) is 9.59 Å². The Labute approximate surface area is 222 Å². The molecular formula is C31H44O6. The third-order valence-electron chi connectivity index (χ3n) is 6.42. The predicted octanol–water partition coefficient (Wildman–Crippen LogP) is 7.27. The van der Waals surface area contributed by atoms with E-state index in [0.717, 1.165) is 49.7 Å². The van der Waals surface area contributed by atoms with Gasteiger partial charge in [0.2, 0.25) is 0 Å². The third kappa shape index (κ3) is 11.7. The SMILES string of the molecule is CCCCCCCOC(=O)CCc1ccc(-c2ccc(CCC(=O)OCCCCCC)cc2O)c(O)c1. The van der Waals surface area contributed by atoms with Crippen LogP contribution in [0.15, 0.2) is 36.4 Å². The van der Waals surface area contributed by atoms with E-state index in [1.165, 1.54) is 19.3 Å². The molecule has 0 saturated carbocycles. The van der Waals surface area contributed by atoms with Crippen LogP contribution in [0.25, 0.3) is 11.1 Å². The Bertz CT molecular complexity index is 968. The normalized spacial score (nSPS) is 10.9. The minimum atomic E-state index is -0.232. The second kappa shape index (κ2) is 17.4. The summed E-state index contributed by atoms with van der Waals surface area (Å²) < 4.78 is 10.6. The molecule has 0 radical (unpaired) electrons. The second-order valence-corrected chi connectivity index (χ2v) is 9.62. The lowest BCUT2D eigenvalue weighted by molar-refractivity contribution is -0.144. The Kier molecular flexibility index (Phi) is 14.2. The summed E-state index contributed by atoms with van der Waals surface area (Å²) >= 11 is 0. The zero-order chi connectivity index (χ0) is 26.9. The first kappa shape index (κ1) is 30.2. The molecule has 0 bridgehead atoms. The number of phenols is 2. The number of unbranched alkanes of at least 4 members (excludes halogenated alkanes) is 7. The lowest BCUT2D eigenvalue weighted by Gasteiger charge is -2.11. The number of hydrogen-bond donors (Lipinski definition) is 2. The Morgan fingerprint density at radius 1 is 0.622 bits per heavy atom. The lowest BCUT2D eigenvalue weighted by atomic mass is 9.98. The van der Waals surface area contributed by atoms with Gasteiger partial charge in [0.15, 0.2) is 0 Å². The minimum absolute atomic E-state index is 0.0380. The molecule has 0 amide bonds. The van der Waals surface area contributed by atoms with E-state index in [4.69, 9.17) is 9.47 Å². The van der Waals surface area contributed by atoms with E-state index < -0.39 is 0 Å². The topological polar surface area (TPSA) is 93.1 Å². The number of phenolic OH excluding ortho intramolecular Hbond substituents is 2. The molecule has 0 heterocycles. The number of ether oxygens (including phenoxy) is 2. The molecule has 0 spiro atoms. The number of benzene rings is 2. The van der Waals surface area contributed by atoms with Crippen LogP contribution in [0, 0.1) is 0 Å². The van der Waals surface area contributed by atoms with Gasteiger partial charge in [-0.1, -0.05) is 83.1 Å². The van der Waals surface area contributed by atoms with Gasteiger partial charge in [0.05, 0.1) is 13.2 Å². The molecule has 2 N–H and O–H groups in total. The lowest BCUT2D eigenvalue weighted by Crippen LogP contribution is -2.07. The van der Waals surface area contributed by atoms with Crippen LogP contribution >= 0.6 is 0 Å². The average Bonchev–Trinajstić information content (AvgIpc) is 2.88. The second-order valence-electron chi connectivity index (χ2n) is 9.62. The number of esters is 2. The Hall–Kier alpha value is -3.02. The van der Waals surface area contributed by atoms with E-state index in [9.17, 15) is 19.8 Å². The van der Waals surface area contributed by atoms with E-state index in [-0.39, 0.29) is 36.3 Å². The summed E-state index contributed by atoms with van der Waals surface area (Å²) in [6.45, 7) is 5.23. The monoisotopic (exact) mass is 512 g/mol. The maximum absolute atomic E-state index is 12.0. The van der Waals surface area contributed by atoms with Crippen LogP contribution in [0.5, 0.6) is 11.5 Å². The fourth-order valence-electron chi connectivity index (χ4n) is 4.16. The molecule has 2 aromatic carbocycles. The van der Waals surface area contributed by atoms with Crippen molar-refractivity contribution in [3.05, 3.63) is 47.5 Å². The molecule has 6 heteroatoms. The number of aromatic hydroxyl groups is 2. The van der Waals surface area contributed by atoms with Crippen molar-refractivity contribution in [3.63, 3.8) is 0 Å². The van der Waals surface area contributed by atoms with Gasteiger partial charge in [0, 0.05) is 24.0 Å². The quantitative estimate of drug-likeness (QED) is 0.161. The Balaban J connectivity index is 1.81. The van der Waals surface area contributed by atoms with Crippen molar-refractivity contribution in [2.45, 2.75) is 97.3 Å². The summed E-state index contributed by atoms with van der Waals surface area (Å²) in [7, 11) is 0. The number of carbonyl (C=O) groups excluding carboxylic acids is 2. The number of aryl methyl sites for hydroxylation is 2. The van der Waals surface area contributed by atoms with Crippen LogP contribution < -0.4 is 0 Å². The first-order valence-corrected chi connectivity index (χ1v) is 13.9. The van der Waals surface area contributed by atoms with Crippen LogP contribution in [-0.4, -0.2) is 35.4 Å². The molecule has 37 heavy (non-hydrogen) atoms. The summed E-state index contributed by atoms with van der Waals surface area (Å²) in [5.41, 5.74) is 2.66.